The molecule has 23 heavy (non-hydrogen) atoms. The number of benzene rings is 1. The van der Waals surface area contributed by atoms with E-state index in [0.29, 0.717) is 0 Å². The van der Waals surface area contributed by atoms with Crippen LogP contribution in [0.1, 0.15) is 31.2 Å². The van der Waals surface area contributed by atoms with Gasteiger partial charge in [0.2, 0.25) is 5.91 Å². The van der Waals surface area contributed by atoms with Crippen LogP contribution < -0.4 is 0 Å². The molecule has 1 fully saturated rings. The fourth-order valence-corrected chi connectivity index (χ4v) is 3.88. The monoisotopic (exact) mass is 330 g/mol. The number of nitrogens with zero attached hydrogens (tertiary/aromatic N) is 4. The fraction of sp³-hybridized carbons (Fsp3) is 0.471. The molecule has 0 spiro atoms. The van der Waals surface area contributed by atoms with Crippen molar-refractivity contribution in [2.75, 3.05) is 13.1 Å². The van der Waals surface area contributed by atoms with Crippen molar-refractivity contribution in [3.05, 3.63) is 35.7 Å². The van der Waals surface area contributed by atoms with Crippen molar-refractivity contribution in [2.24, 2.45) is 0 Å². The first-order valence-corrected chi connectivity index (χ1v) is 8.89. The minimum absolute atomic E-state index is 0.153. The Morgan fingerprint density at radius 3 is 2.65 bits per heavy atom. The molecule has 6 heteroatoms. The highest BCUT2D eigenvalue weighted by Crippen LogP contribution is 2.27. The molecule has 0 aliphatic carbocycles. The van der Waals surface area contributed by atoms with Crippen molar-refractivity contribution in [1.82, 2.24) is 19.7 Å². The number of likely N-dealkylation sites (tertiary alicyclic amines) is 1. The second kappa shape index (κ2) is 6.74. The van der Waals surface area contributed by atoms with Gasteiger partial charge in [-0.05, 0) is 51.3 Å². The first-order valence-electron chi connectivity index (χ1n) is 8.01. The Bertz CT molecular complexity index is 706. The van der Waals surface area contributed by atoms with Gasteiger partial charge in [0, 0.05) is 18.8 Å². The van der Waals surface area contributed by atoms with Crippen LogP contribution in [0.5, 0.6) is 0 Å². The number of thioether (sulfide) groups is 1. The summed E-state index contributed by atoms with van der Waals surface area (Å²) in [7, 11) is 0. The zero-order valence-corrected chi connectivity index (χ0v) is 14.6. The summed E-state index contributed by atoms with van der Waals surface area (Å²) in [6.07, 6.45) is 2.23. The lowest BCUT2D eigenvalue weighted by Crippen LogP contribution is -2.34. The van der Waals surface area contributed by atoms with E-state index in [0.717, 1.165) is 42.6 Å². The summed E-state index contributed by atoms with van der Waals surface area (Å²) in [5, 5.41) is 9.09. The van der Waals surface area contributed by atoms with Gasteiger partial charge in [0.1, 0.15) is 5.82 Å². The summed E-state index contributed by atoms with van der Waals surface area (Å²) in [6.45, 7) is 7.72. The predicted octanol–water partition coefficient (Wildman–Crippen LogP) is 2.99. The molecule has 1 atom stereocenters. The van der Waals surface area contributed by atoms with Crippen LogP contribution in [0, 0.1) is 13.8 Å². The van der Waals surface area contributed by atoms with E-state index in [9.17, 15) is 4.79 Å². The maximum Gasteiger partial charge on any atom is 0.235 e. The molecular formula is C17H22N4OS. The molecule has 1 amide bonds. The highest BCUT2D eigenvalue weighted by molar-refractivity contribution is 8.00. The molecule has 5 nitrogen and oxygen atoms in total. The lowest BCUT2D eigenvalue weighted by Gasteiger charge is -2.19. The Kier molecular flexibility index (Phi) is 4.71. The third kappa shape index (κ3) is 3.42. The molecule has 1 aromatic heterocycles. The topological polar surface area (TPSA) is 51.0 Å². The Morgan fingerprint density at radius 2 is 1.96 bits per heavy atom. The van der Waals surface area contributed by atoms with Crippen molar-refractivity contribution in [2.45, 2.75) is 44.0 Å². The minimum atomic E-state index is -0.153. The van der Waals surface area contributed by atoms with Crippen LogP contribution in [0.15, 0.2) is 29.4 Å². The third-order valence-electron chi connectivity index (χ3n) is 4.10. The van der Waals surface area contributed by atoms with Gasteiger partial charge < -0.3 is 4.90 Å². The molecule has 0 saturated carbocycles. The van der Waals surface area contributed by atoms with E-state index in [-0.39, 0.29) is 11.2 Å². The number of carbonyl (C=O) groups is 1. The Hall–Kier alpha value is -1.82. The van der Waals surface area contributed by atoms with E-state index < -0.39 is 0 Å². The molecule has 1 saturated heterocycles. The van der Waals surface area contributed by atoms with Gasteiger partial charge in [0.05, 0.1) is 5.25 Å². The van der Waals surface area contributed by atoms with E-state index in [1.165, 1.54) is 17.3 Å². The van der Waals surface area contributed by atoms with Crippen molar-refractivity contribution >= 4 is 17.7 Å². The molecule has 122 valence electrons. The molecule has 0 N–H and O–H groups in total. The SMILES string of the molecule is Cc1cccc(-n2c(C)nnc2S[C@H](C)C(=O)N2CCCC2)c1. The first kappa shape index (κ1) is 16.1. The standard InChI is InChI=1S/C17H22N4OS/c1-12-7-6-8-15(11-12)21-14(3)18-19-17(21)23-13(2)16(22)20-9-4-5-10-20/h6-8,11,13H,4-5,9-10H2,1-3H3/t13-/m1/s1. The summed E-state index contributed by atoms with van der Waals surface area (Å²) in [5.41, 5.74) is 2.23. The second-order valence-electron chi connectivity index (χ2n) is 6.00. The molecule has 3 rings (SSSR count). The largest absolute Gasteiger partial charge is 0.342 e. The van der Waals surface area contributed by atoms with Crippen molar-refractivity contribution in [3.8, 4) is 5.69 Å². The van der Waals surface area contributed by atoms with Gasteiger partial charge in [-0.25, -0.2) is 0 Å². The van der Waals surface area contributed by atoms with E-state index in [1.807, 2.05) is 35.4 Å². The lowest BCUT2D eigenvalue weighted by molar-refractivity contribution is -0.129. The maximum atomic E-state index is 12.5. The van der Waals surface area contributed by atoms with Crippen LogP contribution in [0.4, 0.5) is 0 Å². The maximum absolute atomic E-state index is 12.5. The molecule has 0 radical (unpaired) electrons. The average molecular weight is 330 g/mol. The molecule has 0 bridgehead atoms. The average Bonchev–Trinajstić information content (AvgIpc) is 3.17. The molecule has 1 aliphatic rings. The molecule has 0 unspecified atom stereocenters. The summed E-state index contributed by atoms with van der Waals surface area (Å²) >= 11 is 1.48. The Balaban J connectivity index is 1.82. The number of carbonyl (C=O) groups excluding carboxylic acids is 1. The van der Waals surface area contributed by atoms with Gasteiger partial charge in [0.25, 0.3) is 0 Å². The normalized spacial score (nSPS) is 15.9. The first-order chi connectivity index (χ1) is 11.1. The predicted molar refractivity (Wildman–Crippen MR) is 92.0 cm³/mol. The van der Waals surface area contributed by atoms with Crippen molar-refractivity contribution < 1.29 is 4.79 Å². The summed E-state index contributed by atoms with van der Waals surface area (Å²) in [6, 6.07) is 8.24. The summed E-state index contributed by atoms with van der Waals surface area (Å²) < 4.78 is 2.02. The van der Waals surface area contributed by atoms with Gasteiger partial charge in [0.15, 0.2) is 5.16 Å². The Morgan fingerprint density at radius 1 is 1.22 bits per heavy atom. The molecule has 1 aliphatic heterocycles. The van der Waals surface area contributed by atoms with Crippen LogP contribution in [-0.4, -0.2) is 43.9 Å². The molecule has 2 heterocycles. The second-order valence-corrected chi connectivity index (χ2v) is 7.30. The third-order valence-corrected chi connectivity index (χ3v) is 5.13. The van der Waals surface area contributed by atoms with Crippen LogP contribution >= 0.6 is 11.8 Å². The van der Waals surface area contributed by atoms with E-state index in [4.69, 9.17) is 0 Å². The van der Waals surface area contributed by atoms with Gasteiger partial charge in [-0.1, -0.05) is 23.9 Å². The number of hydrogen-bond donors (Lipinski definition) is 0. The molecule has 2 aromatic rings. The van der Waals surface area contributed by atoms with Gasteiger partial charge in [-0.15, -0.1) is 10.2 Å². The van der Waals surface area contributed by atoms with Crippen LogP contribution in [0.3, 0.4) is 0 Å². The number of aromatic nitrogens is 3. The lowest BCUT2D eigenvalue weighted by atomic mass is 10.2. The number of aryl methyl sites for hydroxylation is 2. The van der Waals surface area contributed by atoms with Crippen LogP contribution in [0.25, 0.3) is 5.69 Å². The van der Waals surface area contributed by atoms with Crippen molar-refractivity contribution in [1.29, 1.82) is 0 Å². The van der Waals surface area contributed by atoms with Gasteiger partial charge >= 0.3 is 0 Å². The van der Waals surface area contributed by atoms with Crippen LogP contribution in [-0.2, 0) is 4.79 Å². The van der Waals surface area contributed by atoms with Crippen LogP contribution in [0.2, 0.25) is 0 Å². The van der Waals surface area contributed by atoms with Gasteiger partial charge in [-0.2, -0.15) is 0 Å². The van der Waals surface area contributed by atoms with Crippen molar-refractivity contribution in [3.63, 3.8) is 0 Å². The molecule has 1 aromatic carbocycles. The smallest absolute Gasteiger partial charge is 0.235 e. The highest BCUT2D eigenvalue weighted by Gasteiger charge is 2.26. The number of hydrogen-bond acceptors (Lipinski definition) is 4. The Labute approximate surface area is 141 Å². The fourth-order valence-electron chi connectivity index (χ4n) is 2.89. The minimum Gasteiger partial charge on any atom is -0.342 e. The zero-order chi connectivity index (χ0) is 16.4. The van der Waals surface area contributed by atoms with E-state index in [2.05, 4.69) is 29.3 Å². The van der Waals surface area contributed by atoms with Gasteiger partial charge in [-0.3, -0.25) is 9.36 Å². The van der Waals surface area contributed by atoms with E-state index in [1.54, 1.807) is 0 Å². The highest BCUT2D eigenvalue weighted by atomic mass is 32.2. The number of amides is 1. The summed E-state index contributed by atoms with van der Waals surface area (Å²) in [4.78, 5) is 14.5. The van der Waals surface area contributed by atoms with E-state index >= 15 is 0 Å². The quantitative estimate of drug-likeness (QED) is 0.809. The summed E-state index contributed by atoms with van der Waals surface area (Å²) in [5.74, 6) is 1.03. The zero-order valence-electron chi connectivity index (χ0n) is 13.8. The number of rotatable bonds is 4. The molecular weight excluding hydrogens is 308 g/mol.